The zero-order valence-electron chi connectivity index (χ0n) is 6.79. The van der Waals surface area contributed by atoms with E-state index in [0.717, 1.165) is 12.5 Å². The first kappa shape index (κ1) is 9.50. The van der Waals surface area contributed by atoms with Crippen LogP contribution in [0.2, 0.25) is 0 Å². The van der Waals surface area contributed by atoms with E-state index in [0.29, 0.717) is 0 Å². The summed E-state index contributed by atoms with van der Waals surface area (Å²) >= 11 is 0. The molecule has 0 unspecified atom stereocenters. The molecule has 0 aromatic carbocycles. The Morgan fingerprint density at radius 1 is 1.62 bits per heavy atom. The van der Waals surface area contributed by atoms with Gasteiger partial charge in [-0.1, -0.05) is 0 Å². The Morgan fingerprint density at radius 3 is 2.85 bits per heavy atom. The highest BCUT2D eigenvalue weighted by molar-refractivity contribution is 5.94. The fourth-order valence-corrected chi connectivity index (χ4v) is 0.823. The van der Waals surface area contributed by atoms with Crippen LogP contribution in [0.5, 0.6) is 0 Å². The summed E-state index contributed by atoms with van der Waals surface area (Å²) in [5, 5.41) is 2.22. The van der Waals surface area contributed by atoms with Crippen molar-refractivity contribution in [3.8, 4) is 0 Å². The number of carbonyl (C=O) groups is 1. The second kappa shape index (κ2) is 3.88. The number of alkyl halides is 2. The average Bonchev–Trinajstić information content (AvgIpc) is 2.16. The van der Waals surface area contributed by atoms with Crippen LogP contribution in [-0.4, -0.2) is 22.9 Å². The van der Waals surface area contributed by atoms with Crippen molar-refractivity contribution < 1.29 is 13.6 Å². The lowest BCUT2D eigenvalue weighted by Crippen LogP contribution is -2.20. The lowest BCUT2D eigenvalue weighted by Gasteiger charge is -2.04. The molecule has 0 saturated carbocycles. The number of rotatable bonds is 2. The molecule has 0 spiro atoms. The van der Waals surface area contributed by atoms with Gasteiger partial charge in [0.2, 0.25) is 0 Å². The topological polar surface area (TPSA) is 54.9 Å². The molecule has 6 heteroatoms. The number of hydrogen-bond acceptors (Lipinski definition) is 3. The number of carbonyl (C=O) groups excluding carboxylic acids is 1. The Balaban J connectivity index is 3.12. The van der Waals surface area contributed by atoms with Crippen LogP contribution < -0.4 is 5.32 Å². The second-order valence-electron chi connectivity index (χ2n) is 2.20. The molecule has 0 fully saturated rings. The molecule has 13 heavy (non-hydrogen) atoms. The largest absolute Gasteiger partial charge is 0.355 e. The van der Waals surface area contributed by atoms with Gasteiger partial charge in [0, 0.05) is 13.2 Å². The van der Waals surface area contributed by atoms with Crippen LogP contribution in [0, 0.1) is 0 Å². The summed E-state index contributed by atoms with van der Waals surface area (Å²) in [5.41, 5.74) is -0.741. The molecule has 0 bridgehead atoms. The predicted octanol–water partition coefficient (Wildman–Crippen LogP) is 0.774. The van der Waals surface area contributed by atoms with Gasteiger partial charge in [-0.05, 0) is 0 Å². The second-order valence-corrected chi connectivity index (χ2v) is 2.20. The Labute approximate surface area is 73.0 Å². The van der Waals surface area contributed by atoms with Gasteiger partial charge in [0.15, 0.2) is 0 Å². The first-order valence-corrected chi connectivity index (χ1v) is 3.47. The molecule has 1 aromatic rings. The van der Waals surface area contributed by atoms with Crippen molar-refractivity contribution >= 4 is 5.91 Å². The zero-order chi connectivity index (χ0) is 9.84. The van der Waals surface area contributed by atoms with Crippen LogP contribution >= 0.6 is 0 Å². The van der Waals surface area contributed by atoms with Gasteiger partial charge in [-0.25, -0.2) is 18.7 Å². The number of hydrogen-bond donors (Lipinski definition) is 1. The summed E-state index contributed by atoms with van der Waals surface area (Å²) in [6.07, 6.45) is -0.725. The van der Waals surface area contributed by atoms with Gasteiger partial charge in [-0.2, -0.15) is 0 Å². The van der Waals surface area contributed by atoms with Gasteiger partial charge in [0.1, 0.15) is 12.0 Å². The highest BCUT2D eigenvalue weighted by Crippen LogP contribution is 2.18. The molecular weight excluding hydrogens is 180 g/mol. The van der Waals surface area contributed by atoms with Crippen molar-refractivity contribution in [2.45, 2.75) is 6.43 Å². The monoisotopic (exact) mass is 187 g/mol. The number of nitrogens with zero attached hydrogens (tertiary/aromatic N) is 2. The molecular formula is C7H7F2N3O. The van der Waals surface area contributed by atoms with Crippen LogP contribution in [0.4, 0.5) is 8.78 Å². The Bertz CT molecular complexity index is 316. The fourth-order valence-electron chi connectivity index (χ4n) is 0.823. The molecule has 1 aromatic heterocycles. The van der Waals surface area contributed by atoms with Gasteiger partial charge in [0.05, 0.1) is 5.56 Å². The van der Waals surface area contributed by atoms with Gasteiger partial charge in [0.25, 0.3) is 12.3 Å². The molecule has 0 atom stereocenters. The minimum atomic E-state index is -2.77. The van der Waals surface area contributed by atoms with Crippen LogP contribution in [0.25, 0.3) is 0 Å². The minimum Gasteiger partial charge on any atom is -0.355 e. The summed E-state index contributed by atoms with van der Waals surface area (Å²) in [4.78, 5) is 17.8. The first-order chi connectivity index (χ1) is 6.16. The number of halogens is 2. The standard InChI is InChI=1S/C7H7F2N3O/c1-10-7(13)4-2-11-3-12-5(4)6(8)9/h2-3,6H,1H3,(H,10,13). The van der Waals surface area contributed by atoms with Gasteiger partial charge in [-0.15, -0.1) is 0 Å². The van der Waals surface area contributed by atoms with Gasteiger partial charge in [-0.3, -0.25) is 4.79 Å². The molecule has 1 amide bonds. The number of aromatic nitrogens is 2. The maximum atomic E-state index is 12.3. The molecule has 0 radical (unpaired) electrons. The lowest BCUT2D eigenvalue weighted by atomic mass is 10.2. The van der Waals surface area contributed by atoms with Crippen LogP contribution in [0.15, 0.2) is 12.5 Å². The van der Waals surface area contributed by atoms with E-state index >= 15 is 0 Å². The van der Waals surface area contributed by atoms with E-state index in [-0.39, 0.29) is 5.56 Å². The third kappa shape index (κ3) is 1.95. The van der Waals surface area contributed by atoms with E-state index in [1.54, 1.807) is 0 Å². The molecule has 0 aliphatic carbocycles. The van der Waals surface area contributed by atoms with E-state index in [4.69, 9.17) is 0 Å². The molecule has 0 saturated heterocycles. The molecule has 1 heterocycles. The van der Waals surface area contributed by atoms with Crippen LogP contribution in [0.1, 0.15) is 22.5 Å². The molecule has 0 aliphatic heterocycles. The van der Waals surface area contributed by atoms with Gasteiger partial charge < -0.3 is 5.32 Å². The quantitative estimate of drug-likeness (QED) is 0.744. The maximum Gasteiger partial charge on any atom is 0.281 e. The minimum absolute atomic E-state index is 0.194. The molecule has 4 nitrogen and oxygen atoms in total. The number of amides is 1. The van der Waals surface area contributed by atoms with E-state index in [1.807, 2.05) is 0 Å². The zero-order valence-corrected chi connectivity index (χ0v) is 6.79. The summed E-state index contributed by atoms with van der Waals surface area (Å²) in [6, 6.07) is 0. The van der Waals surface area contributed by atoms with Crippen molar-refractivity contribution in [1.29, 1.82) is 0 Å². The van der Waals surface area contributed by atoms with E-state index in [1.165, 1.54) is 7.05 Å². The molecule has 70 valence electrons. The SMILES string of the molecule is CNC(=O)c1cncnc1C(F)F. The lowest BCUT2D eigenvalue weighted by molar-refractivity contribution is 0.0945. The Hall–Kier alpha value is -1.59. The van der Waals surface area contributed by atoms with Crippen molar-refractivity contribution in [3.63, 3.8) is 0 Å². The Morgan fingerprint density at radius 2 is 2.31 bits per heavy atom. The Kier molecular flexibility index (Phi) is 2.84. The predicted molar refractivity (Wildman–Crippen MR) is 40.4 cm³/mol. The summed E-state index contributed by atoms with van der Waals surface area (Å²) < 4.78 is 24.5. The van der Waals surface area contributed by atoms with Crippen molar-refractivity contribution in [2.24, 2.45) is 0 Å². The first-order valence-electron chi connectivity index (χ1n) is 3.47. The molecule has 1 N–H and O–H groups in total. The van der Waals surface area contributed by atoms with Crippen LogP contribution in [-0.2, 0) is 0 Å². The van der Waals surface area contributed by atoms with Crippen LogP contribution in [0.3, 0.4) is 0 Å². The summed E-state index contributed by atoms with van der Waals surface area (Å²) in [7, 11) is 1.35. The maximum absolute atomic E-state index is 12.3. The summed E-state index contributed by atoms with van der Waals surface area (Å²) in [6.45, 7) is 0. The van der Waals surface area contributed by atoms with E-state index < -0.39 is 18.0 Å². The van der Waals surface area contributed by atoms with Crippen molar-refractivity contribution in [2.75, 3.05) is 7.05 Å². The van der Waals surface area contributed by atoms with Gasteiger partial charge >= 0.3 is 0 Å². The smallest absolute Gasteiger partial charge is 0.281 e. The normalized spacial score (nSPS) is 10.2. The van der Waals surface area contributed by atoms with E-state index in [2.05, 4.69) is 15.3 Å². The summed E-state index contributed by atoms with van der Waals surface area (Å²) in [5.74, 6) is -0.615. The highest BCUT2D eigenvalue weighted by Gasteiger charge is 2.18. The van der Waals surface area contributed by atoms with E-state index in [9.17, 15) is 13.6 Å². The highest BCUT2D eigenvalue weighted by atomic mass is 19.3. The third-order valence-electron chi connectivity index (χ3n) is 1.42. The third-order valence-corrected chi connectivity index (χ3v) is 1.42. The van der Waals surface area contributed by atoms with Crippen molar-refractivity contribution in [3.05, 3.63) is 23.8 Å². The van der Waals surface area contributed by atoms with Crippen molar-refractivity contribution in [1.82, 2.24) is 15.3 Å². The fraction of sp³-hybridized carbons (Fsp3) is 0.286. The number of nitrogens with one attached hydrogen (secondary N) is 1. The molecule has 0 aliphatic rings. The molecule has 1 rings (SSSR count). The average molecular weight is 187 g/mol.